The predicted octanol–water partition coefficient (Wildman–Crippen LogP) is 5.05. The van der Waals surface area contributed by atoms with Crippen LogP contribution >= 0.6 is 0 Å². The van der Waals surface area contributed by atoms with Crippen molar-refractivity contribution in [3.63, 3.8) is 0 Å². The van der Waals surface area contributed by atoms with Crippen molar-refractivity contribution < 1.29 is 18.0 Å². The zero-order valence-corrected chi connectivity index (χ0v) is 13.7. The van der Waals surface area contributed by atoms with E-state index in [1.807, 2.05) is 0 Å². The SMILES string of the molecule is Cc1ccccc1C(=O)c1c(C(F)(F)F)c2cccn2c2ccncc12. The first-order chi connectivity index (χ1) is 12.4. The molecule has 0 spiro atoms. The van der Waals surface area contributed by atoms with Gasteiger partial charge in [-0.1, -0.05) is 24.3 Å². The second-order valence-corrected chi connectivity index (χ2v) is 6.05. The fourth-order valence-corrected chi connectivity index (χ4v) is 3.33. The predicted molar refractivity (Wildman–Crippen MR) is 92.3 cm³/mol. The van der Waals surface area contributed by atoms with Crippen LogP contribution in [0.4, 0.5) is 13.2 Å². The Morgan fingerprint density at radius 1 is 1.04 bits per heavy atom. The Morgan fingerprint density at radius 3 is 2.54 bits per heavy atom. The lowest BCUT2D eigenvalue weighted by atomic mass is 9.92. The summed E-state index contributed by atoms with van der Waals surface area (Å²) < 4.78 is 43.4. The Hall–Kier alpha value is -3.15. The lowest BCUT2D eigenvalue weighted by Crippen LogP contribution is -2.17. The van der Waals surface area contributed by atoms with Gasteiger partial charge in [-0.05, 0) is 30.7 Å². The van der Waals surface area contributed by atoms with Gasteiger partial charge in [0.2, 0.25) is 0 Å². The topological polar surface area (TPSA) is 34.4 Å². The number of benzene rings is 1. The lowest BCUT2D eigenvalue weighted by molar-refractivity contribution is -0.136. The van der Waals surface area contributed by atoms with Gasteiger partial charge in [-0.25, -0.2) is 0 Å². The molecule has 0 saturated carbocycles. The number of carbonyl (C=O) groups is 1. The molecule has 26 heavy (non-hydrogen) atoms. The van der Waals surface area contributed by atoms with Crippen LogP contribution in [-0.4, -0.2) is 15.2 Å². The van der Waals surface area contributed by atoms with Crippen molar-refractivity contribution in [3.05, 3.63) is 83.3 Å². The molecular formula is C20H13F3N2O. The summed E-state index contributed by atoms with van der Waals surface area (Å²) in [6, 6.07) is 11.1. The minimum atomic E-state index is -4.68. The van der Waals surface area contributed by atoms with E-state index in [9.17, 15) is 18.0 Å². The first kappa shape index (κ1) is 16.3. The molecule has 0 bridgehead atoms. The average Bonchev–Trinajstić information content (AvgIpc) is 3.09. The number of rotatable bonds is 2. The highest BCUT2D eigenvalue weighted by Crippen LogP contribution is 2.40. The molecule has 0 unspecified atom stereocenters. The number of alkyl halides is 3. The van der Waals surface area contributed by atoms with Gasteiger partial charge in [0, 0.05) is 35.1 Å². The van der Waals surface area contributed by atoms with Crippen LogP contribution in [0.1, 0.15) is 27.0 Å². The summed E-state index contributed by atoms with van der Waals surface area (Å²) in [5.74, 6) is -0.655. The fourth-order valence-electron chi connectivity index (χ4n) is 3.33. The van der Waals surface area contributed by atoms with Gasteiger partial charge in [0.1, 0.15) is 0 Å². The molecule has 0 aliphatic heterocycles. The third-order valence-electron chi connectivity index (χ3n) is 4.48. The van der Waals surface area contributed by atoms with Gasteiger partial charge in [-0.15, -0.1) is 0 Å². The van der Waals surface area contributed by atoms with Gasteiger partial charge >= 0.3 is 6.18 Å². The van der Waals surface area contributed by atoms with Crippen LogP contribution in [0.5, 0.6) is 0 Å². The Bertz CT molecular complexity index is 1160. The van der Waals surface area contributed by atoms with Crippen LogP contribution in [-0.2, 0) is 6.18 Å². The van der Waals surface area contributed by atoms with Crippen molar-refractivity contribution >= 4 is 22.2 Å². The van der Waals surface area contributed by atoms with Gasteiger partial charge in [0.05, 0.1) is 16.6 Å². The molecule has 3 heterocycles. The summed E-state index contributed by atoms with van der Waals surface area (Å²) in [4.78, 5) is 17.1. The lowest BCUT2D eigenvalue weighted by Gasteiger charge is -2.18. The molecule has 4 aromatic rings. The van der Waals surface area contributed by atoms with E-state index < -0.39 is 17.5 Å². The summed E-state index contributed by atoms with van der Waals surface area (Å²) in [6.07, 6.45) is -0.321. The molecule has 0 amide bonds. The molecule has 4 rings (SSSR count). The zero-order chi connectivity index (χ0) is 18.5. The van der Waals surface area contributed by atoms with Crippen molar-refractivity contribution in [1.82, 2.24) is 9.38 Å². The summed E-state index contributed by atoms with van der Waals surface area (Å²) >= 11 is 0. The molecule has 0 N–H and O–H groups in total. The van der Waals surface area contributed by atoms with E-state index in [1.165, 1.54) is 28.9 Å². The number of halogens is 3. The maximum atomic E-state index is 14.0. The Balaban J connectivity index is 2.19. The van der Waals surface area contributed by atoms with Crippen LogP contribution in [0.25, 0.3) is 16.4 Å². The molecule has 0 saturated heterocycles. The average molecular weight is 354 g/mol. The third kappa shape index (κ3) is 2.37. The molecule has 0 aliphatic rings. The number of aromatic nitrogens is 2. The molecule has 0 fully saturated rings. The standard InChI is InChI=1S/C20H13F3N2O/c1-12-5-2-3-6-13(12)19(26)17-14-11-24-9-8-15(14)25-10-4-7-16(25)18(17)20(21,22)23/h2-11H,1H3. The molecular weight excluding hydrogens is 341 g/mol. The van der Waals surface area contributed by atoms with Crippen LogP contribution in [0.3, 0.4) is 0 Å². The number of hydrogen-bond donors (Lipinski definition) is 0. The number of pyridine rings is 2. The van der Waals surface area contributed by atoms with Gasteiger partial charge in [0.25, 0.3) is 0 Å². The van der Waals surface area contributed by atoms with Gasteiger partial charge < -0.3 is 4.40 Å². The van der Waals surface area contributed by atoms with Crippen molar-refractivity contribution in [3.8, 4) is 0 Å². The van der Waals surface area contributed by atoms with Crippen molar-refractivity contribution in [2.24, 2.45) is 0 Å². The minimum absolute atomic E-state index is 0.0480. The largest absolute Gasteiger partial charge is 0.419 e. The van der Waals surface area contributed by atoms with Gasteiger partial charge in [-0.3, -0.25) is 9.78 Å². The second-order valence-electron chi connectivity index (χ2n) is 6.05. The Labute approximate surface area is 146 Å². The highest BCUT2D eigenvalue weighted by atomic mass is 19.4. The number of hydrogen-bond acceptors (Lipinski definition) is 2. The highest BCUT2D eigenvalue weighted by Gasteiger charge is 2.39. The normalized spacial score (nSPS) is 12.0. The van der Waals surface area contributed by atoms with E-state index in [0.29, 0.717) is 11.1 Å². The number of carbonyl (C=O) groups excluding carboxylic acids is 1. The second kappa shape index (κ2) is 5.69. The van der Waals surface area contributed by atoms with E-state index in [4.69, 9.17) is 0 Å². The summed E-state index contributed by atoms with van der Waals surface area (Å²) in [5, 5.41) is 0.178. The fraction of sp³-hybridized carbons (Fsp3) is 0.100. The number of aryl methyl sites for hydroxylation is 1. The summed E-state index contributed by atoms with van der Waals surface area (Å²) in [5.41, 5.74) is 0.0346. The molecule has 0 radical (unpaired) electrons. The maximum absolute atomic E-state index is 14.0. The number of ketones is 1. The van der Waals surface area contributed by atoms with Crippen molar-refractivity contribution in [2.75, 3.05) is 0 Å². The smallest absolute Gasteiger partial charge is 0.316 e. The summed E-state index contributed by atoms with van der Waals surface area (Å²) in [7, 11) is 0. The first-order valence-corrected chi connectivity index (χ1v) is 7.94. The van der Waals surface area contributed by atoms with E-state index in [1.54, 1.807) is 43.5 Å². The van der Waals surface area contributed by atoms with E-state index >= 15 is 0 Å². The third-order valence-corrected chi connectivity index (χ3v) is 4.48. The van der Waals surface area contributed by atoms with Crippen molar-refractivity contribution in [1.29, 1.82) is 0 Å². The monoisotopic (exact) mass is 354 g/mol. The minimum Gasteiger partial charge on any atom is -0.316 e. The zero-order valence-electron chi connectivity index (χ0n) is 13.7. The molecule has 130 valence electrons. The molecule has 0 atom stereocenters. The van der Waals surface area contributed by atoms with E-state index in [0.717, 1.165) is 0 Å². The van der Waals surface area contributed by atoms with Gasteiger partial charge in [-0.2, -0.15) is 13.2 Å². The van der Waals surface area contributed by atoms with Crippen LogP contribution in [0, 0.1) is 6.92 Å². The number of fused-ring (bicyclic) bond motifs is 3. The maximum Gasteiger partial charge on any atom is 0.419 e. The highest BCUT2D eigenvalue weighted by molar-refractivity contribution is 6.18. The molecule has 6 heteroatoms. The first-order valence-electron chi connectivity index (χ1n) is 7.94. The van der Waals surface area contributed by atoms with Crippen molar-refractivity contribution in [2.45, 2.75) is 13.1 Å². The quantitative estimate of drug-likeness (QED) is 0.472. The summed E-state index contributed by atoms with van der Waals surface area (Å²) in [6.45, 7) is 1.71. The van der Waals surface area contributed by atoms with Gasteiger partial charge in [0.15, 0.2) is 5.78 Å². The molecule has 3 nitrogen and oxygen atoms in total. The molecule has 1 aromatic carbocycles. The Kier molecular flexibility index (Phi) is 3.57. The Morgan fingerprint density at radius 2 is 1.81 bits per heavy atom. The van der Waals surface area contributed by atoms with E-state index in [-0.39, 0.29) is 22.0 Å². The molecule has 3 aromatic heterocycles. The number of nitrogens with zero attached hydrogens (tertiary/aromatic N) is 2. The molecule has 0 aliphatic carbocycles. The van der Waals surface area contributed by atoms with Crippen LogP contribution < -0.4 is 0 Å². The van der Waals surface area contributed by atoms with Crippen LogP contribution in [0.15, 0.2) is 61.1 Å². The van der Waals surface area contributed by atoms with E-state index in [2.05, 4.69) is 4.98 Å². The van der Waals surface area contributed by atoms with Crippen LogP contribution in [0.2, 0.25) is 0 Å².